The number of likely N-dealkylation sites (tertiary alicyclic amines) is 1. The Balaban J connectivity index is 2.36. The van der Waals surface area contributed by atoms with Gasteiger partial charge in [-0.05, 0) is 26.3 Å². The molecule has 1 atom stereocenters. The van der Waals surface area contributed by atoms with E-state index in [2.05, 4.69) is 22.1 Å². The third-order valence-corrected chi connectivity index (χ3v) is 2.80. The number of nitrogens with one attached hydrogen (secondary N) is 1. The van der Waals surface area contributed by atoms with E-state index in [1.807, 2.05) is 6.92 Å². The quantitative estimate of drug-likeness (QED) is 0.649. The predicted octanol–water partition coefficient (Wildman–Crippen LogP) is -0.203. The lowest BCUT2D eigenvalue weighted by Crippen LogP contribution is -2.44. The molecule has 0 aromatic rings. The highest BCUT2D eigenvalue weighted by Gasteiger charge is 2.24. The lowest BCUT2D eigenvalue weighted by atomic mass is 9.97. The zero-order valence-electron chi connectivity index (χ0n) is 9.96. The van der Waals surface area contributed by atoms with Gasteiger partial charge in [-0.1, -0.05) is 5.92 Å². The molecule has 3 N–H and O–H groups in total. The molecular weight excluding hydrogens is 202 g/mol. The van der Waals surface area contributed by atoms with Crippen molar-refractivity contribution in [3.63, 3.8) is 0 Å². The molecule has 1 saturated heterocycles. The van der Waals surface area contributed by atoms with E-state index in [9.17, 15) is 4.79 Å². The summed E-state index contributed by atoms with van der Waals surface area (Å²) >= 11 is 0. The Hall–Kier alpha value is -1.05. The van der Waals surface area contributed by atoms with Crippen LogP contribution >= 0.6 is 0 Å². The van der Waals surface area contributed by atoms with Crippen molar-refractivity contribution in [1.29, 1.82) is 0 Å². The van der Waals surface area contributed by atoms with Crippen LogP contribution in [0.2, 0.25) is 0 Å². The molecule has 4 nitrogen and oxygen atoms in total. The summed E-state index contributed by atoms with van der Waals surface area (Å²) in [5, 5.41) is 2.85. The van der Waals surface area contributed by atoms with Gasteiger partial charge in [0.2, 0.25) is 5.91 Å². The maximum absolute atomic E-state index is 11.7. The molecule has 0 spiro atoms. The van der Waals surface area contributed by atoms with E-state index in [-0.39, 0.29) is 11.8 Å². The summed E-state index contributed by atoms with van der Waals surface area (Å²) in [6.45, 7) is 5.57. The summed E-state index contributed by atoms with van der Waals surface area (Å²) in [5.74, 6) is 6.18. The van der Waals surface area contributed by atoms with Crippen LogP contribution in [0.25, 0.3) is 0 Å². The summed E-state index contributed by atoms with van der Waals surface area (Å²) in [7, 11) is 0. The van der Waals surface area contributed by atoms with Gasteiger partial charge >= 0.3 is 0 Å². The lowest BCUT2D eigenvalue weighted by Gasteiger charge is -2.30. The Bertz CT molecular complexity index is 280. The fourth-order valence-electron chi connectivity index (χ4n) is 1.94. The molecule has 1 rings (SSSR count). The van der Waals surface area contributed by atoms with E-state index in [4.69, 9.17) is 5.73 Å². The Kier molecular flexibility index (Phi) is 5.91. The van der Waals surface area contributed by atoms with Crippen LogP contribution in [0, 0.1) is 17.8 Å². The molecule has 1 unspecified atom stereocenters. The van der Waals surface area contributed by atoms with Crippen molar-refractivity contribution in [2.24, 2.45) is 11.7 Å². The van der Waals surface area contributed by atoms with Crippen LogP contribution in [0.1, 0.15) is 19.8 Å². The lowest BCUT2D eigenvalue weighted by molar-refractivity contribution is -0.126. The zero-order chi connectivity index (χ0) is 11.8. The highest BCUT2D eigenvalue weighted by molar-refractivity contribution is 5.78. The minimum absolute atomic E-state index is 0.110. The van der Waals surface area contributed by atoms with Crippen LogP contribution in [0.15, 0.2) is 0 Å². The van der Waals surface area contributed by atoms with E-state index in [0.29, 0.717) is 13.1 Å². The number of hydrogen-bond donors (Lipinski definition) is 2. The van der Waals surface area contributed by atoms with Crippen molar-refractivity contribution in [3.8, 4) is 11.8 Å². The van der Waals surface area contributed by atoms with Crippen LogP contribution < -0.4 is 11.1 Å². The number of amides is 1. The summed E-state index contributed by atoms with van der Waals surface area (Å²) in [6, 6.07) is 0. The first-order chi connectivity index (χ1) is 7.77. The van der Waals surface area contributed by atoms with Crippen LogP contribution in [0.5, 0.6) is 0 Å². The minimum atomic E-state index is 0.110. The molecule has 1 fully saturated rings. The summed E-state index contributed by atoms with van der Waals surface area (Å²) in [6.07, 6.45) is 2.05. The van der Waals surface area contributed by atoms with Crippen LogP contribution in [-0.4, -0.2) is 43.5 Å². The number of hydrogen-bond acceptors (Lipinski definition) is 3. The number of carbonyl (C=O) groups is 1. The first kappa shape index (κ1) is 13.0. The standard InChI is InChI=1S/C12H21N3O/c1-2-3-8-15-9-4-5-11(10-15)12(16)14-7-6-13/h11H,4-10,13H2,1H3,(H,14,16). The van der Waals surface area contributed by atoms with Gasteiger partial charge in [0, 0.05) is 19.6 Å². The van der Waals surface area contributed by atoms with E-state index in [1.54, 1.807) is 0 Å². The normalized spacial score (nSPS) is 21.0. The summed E-state index contributed by atoms with van der Waals surface area (Å²) in [4.78, 5) is 14.0. The van der Waals surface area contributed by atoms with Crippen LogP contribution in [0.4, 0.5) is 0 Å². The van der Waals surface area contributed by atoms with E-state index in [1.165, 1.54) is 0 Å². The molecule has 1 aliphatic rings. The molecule has 0 aromatic heterocycles. The van der Waals surface area contributed by atoms with Crippen molar-refractivity contribution in [3.05, 3.63) is 0 Å². The van der Waals surface area contributed by atoms with Crippen molar-refractivity contribution in [2.45, 2.75) is 19.8 Å². The van der Waals surface area contributed by atoms with Gasteiger partial charge in [-0.15, -0.1) is 5.92 Å². The molecule has 1 aliphatic heterocycles. The smallest absolute Gasteiger partial charge is 0.224 e. The molecule has 1 amide bonds. The SMILES string of the molecule is CC#CCN1CCCC(C(=O)NCCN)C1. The first-order valence-corrected chi connectivity index (χ1v) is 5.87. The molecule has 16 heavy (non-hydrogen) atoms. The zero-order valence-corrected chi connectivity index (χ0v) is 9.96. The fraction of sp³-hybridized carbons (Fsp3) is 0.750. The maximum Gasteiger partial charge on any atom is 0.224 e. The molecular formula is C12H21N3O. The maximum atomic E-state index is 11.7. The van der Waals surface area contributed by atoms with Gasteiger partial charge in [0.25, 0.3) is 0 Å². The van der Waals surface area contributed by atoms with Crippen LogP contribution in [-0.2, 0) is 4.79 Å². The first-order valence-electron chi connectivity index (χ1n) is 5.87. The van der Waals surface area contributed by atoms with Crippen molar-refractivity contribution in [2.75, 3.05) is 32.7 Å². The molecule has 90 valence electrons. The predicted molar refractivity (Wildman–Crippen MR) is 64.7 cm³/mol. The molecule has 0 aromatic carbocycles. The van der Waals surface area contributed by atoms with Gasteiger partial charge in [-0.3, -0.25) is 9.69 Å². The second-order valence-electron chi connectivity index (χ2n) is 4.08. The third-order valence-electron chi connectivity index (χ3n) is 2.80. The third kappa shape index (κ3) is 4.21. The van der Waals surface area contributed by atoms with Gasteiger partial charge in [0.1, 0.15) is 0 Å². The number of carbonyl (C=O) groups excluding carboxylic acids is 1. The van der Waals surface area contributed by atoms with Gasteiger partial charge in [-0.2, -0.15) is 0 Å². The molecule has 0 aliphatic carbocycles. The highest BCUT2D eigenvalue weighted by atomic mass is 16.1. The second kappa shape index (κ2) is 7.26. The molecule has 0 saturated carbocycles. The second-order valence-corrected chi connectivity index (χ2v) is 4.08. The van der Waals surface area contributed by atoms with E-state index >= 15 is 0 Å². The molecule has 1 heterocycles. The Labute approximate surface area is 97.6 Å². The molecule has 0 bridgehead atoms. The summed E-state index contributed by atoms with van der Waals surface area (Å²) < 4.78 is 0. The van der Waals surface area contributed by atoms with Crippen LogP contribution in [0.3, 0.4) is 0 Å². The molecule has 4 heteroatoms. The monoisotopic (exact) mass is 223 g/mol. The van der Waals surface area contributed by atoms with Gasteiger partial charge in [0.15, 0.2) is 0 Å². The average molecular weight is 223 g/mol. The number of nitrogens with zero attached hydrogens (tertiary/aromatic N) is 1. The Morgan fingerprint density at radius 2 is 2.44 bits per heavy atom. The van der Waals surface area contributed by atoms with E-state index < -0.39 is 0 Å². The number of piperidine rings is 1. The fourth-order valence-corrected chi connectivity index (χ4v) is 1.94. The minimum Gasteiger partial charge on any atom is -0.355 e. The van der Waals surface area contributed by atoms with Gasteiger partial charge < -0.3 is 11.1 Å². The Morgan fingerprint density at radius 1 is 1.62 bits per heavy atom. The van der Waals surface area contributed by atoms with E-state index in [0.717, 1.165) is 32.5 Å². The number of nitrogens with two attached hydrogens (primary N) is 1. The topological polar surface area (TPSA) is 58.4 Å². The highest BCUT2D eigenvalue weighted by Crippen LogP contribution is 2.15. The average Bonchev–Trinajstić information content (AvgIpc) is 2.33. The molecule has 0 radical (unpaired) electrons. The van der Waals surface area contributed by atoms with Gasteiger partial charge in [0.05, 0.1) is 12.5 Å². The van der Waals surface area contributed by atoms with Crippen molar-refractivity contribution in [1.82, 2.24) is 10.2 Å². The Morgan fingerprint density at radius 3 is 3.12 bits per heavy atom. The summed E-state index contributed by atoms with van der Waals surface area (Å²) in [5.41, 5.74) is 5.36. The largest absolute Gasteiger partial charge is 0.355 e. The van der Waals surface area contributed by atoms with Crippen molar-refractivity contribution < 1.29 is 4.79 Å². The van der Waals surface area contributed by atoms with Gasteiger partial charge in [-0.25, -0.2) is 0 Å². The number of rotatable bonds is 4. The van der Waals surface area contributed by atoms with Crippen molar-refractivity contribution >= 4 is 5.91 Å².